The van der Waals surface area contributed by atoms with Crippen molar-refractivity contribution in [2.45, 2.75) is 0 Å². The van der Waals surface area contributed by atoms with Crippen LogP contribution in [0.4, 0.5) is 11.9 Å². The summed E-state index contributed by atoms with van der Waals surface area (Å²) in [7, 11) is 0. The zero-order valence-electron chi connectivity index (χ0n) is 8.76. The van der Waals surface area contributed by atoms with E-state index in [4.69, 9.17) is 22.8 Å². The summed E-state index contributed by atoms with van der Waals surface area (Å²) >= 11 is 0. The number of H-pyrrole nitrogens is 2. The van der Waals surface area contributed by atoms with Gasteiger partial charge in [-0.15, -0.1) is 10.2 Å². The Labute approximate surface area is 98.3 Å². The van der Waals surface area contributed by atoms with Crippen LogP contribution in [0.25, 0.3) is 0 Å². The Morgan fingerprint density at radius 1 is 1.06 bits per heavy atom. The van der Waals surface area contributed by atoms with E-state index < -0.39 is 0 Å². The number of azo groups is 1. The molecule has 0 fully saturated rings. The monoisotopic (exact) mass is 255 g/mol. The molecular weight excluding hydrogens is 246 g/mol. The maximum Gasteiger partial charge on any atom is 0.285 e. The molecule has 0 aliphatic rings. The zero-order chi connectivity index (χ0) is 13.4. The third-order valence-corrected chi connectivity index (χ3v) is 1.19. The van der Waals surface area contributed by atoms with Gasteiger partial charge in [0, 0.05) is 0 Å². The van der Waals surface area contributed by atoms with Crippen LogP contribution in [0, 0.1) is 5.41 Å². The number of nitrogens with zero attached hydrogens (tertiary/aromatic N) is 9. The van der Waals surface area contributed by atoms with E-state index in [-0.39, 0.29) is 17.9 Å². The summed E-state index contributed by atoms with van der Waals surface area (Å²) in [4.78, 5) is 0. The molecule has 0 bridgehead atoms. The van der Waals surface area contributed by atoms with Gasteiger partial charge >= 0.3 is 0 Å². The molecule has 2 aromatic rings. The molecule has 9 N–H and O–H groups in total. The van der Waals surface area contributed by atoms with E-state index in [0.717, 1.165) is 0 Å². The third-order valence-electron chi connectivity index (χ3n) is 1.19. The van der Waals surface area contributed by atoms with Crippen LogP contribution in [-0.2, 0) is 0 Å². The lowest BCUT2D eigenvalue weighted by atomic mass is 11.1. The van der Waals surface area contributed by atoms with Crippen LogP contribution in [0.3, 0.4) is 0 Å². The zero-order valence-corrected chi connectivity index (χ0v) is 8.76. The van der Waals surface area contributed by atoms with Crippen LogP contribution in [-0.4, -0.2) is 52.3 Å². The largest absolute Gasteiger partial charge is 0.368 e. The third kappa shape index (κ3) is 4.63. The van der Waals surface area contributed by atoms with Gasteiger partial charge in [-0.25, -0.2) is 27.0 Å². The normalized spacial score (nSPS) is 9.89. The molecule has 15 heteroatoms. The molecule has 0 atom stereocenters. The van der Waals surface area contributed by atoms with Crippen molar-refractivity contribution in [1.29, 1.82) is 5.41 Å². The number of hydrazine groups is 2. The lowest BCUT2D eigenvalue weighted by Gasteiger charge is -2.04. The minimum atomic E-state index is -0.352. The average Bonchev–Trinajstić information content (AvgIpc) is 3.00. The first-order valence-corrected chi connectivity index (χ1v) is 4.12. The standard InChI is InChI=1S/C2H2N10.CH7N5/c3(1-5-9-10-6-1)4-2-7-11-12-8-2;2-1(3)6(4)5/h(H,5,6,9,10)(H,7,8,11,12);4-5H2,(H3,2,3)/b4-3+;. The topological polar surface area (TPSA) is 239 Å². The van der Waals surface area contributed by atoms with Gasteiger partial charge < -0.3 is 5.73 Å². The van der Waals surface area contributed by atoms with Crippen LogP contribution in [0.2, 0.25) is 0 Å². The molecule has 0 aromatic carbocycles. The van der Waals surface area contributed by atoms with Crippen LogP contribution < -0.4 is 17.4 Å². The number of nitrogens with one attached hydrogen (secondary N) is 3. The molecule has 0 radical (unpaired) electrons. The molecular formula is C3H9N15. The first-order chi connectivity index (χ1) is 8.59. The van der Waals surface area contributed by atoms with Crippen molar-refractivity contribution in [3.05, 3.63) is 0 Å². The van der Waals surface area contributed by atoms with E-state index >= 15 is 0 Å². The number of hydrogen-bond donors (Lipinski definition) is 6. The quantitative estimate of drug-likeness (QED) is 0.105. The van der Waals surface area contributed by atoms with E-state index in [1.165, 1.54) is 0 Å². The number of aromatic nitrogens is 8. The van der Waals surface area contributed by atoms with Crippen LogP contribution >= 0.6 is 0 Å². The SMILES string of the molecule is N(=N\c1nnn[nH]1)/c1nnn[nH]1.N=C(N)N(N)N. The lowest BCUT2D eigenvalue weighted by molar-refractivity contribution is 0.456. The minimum absolute atomic E-state index is 0.186. The Morgan fingerprint density at radius 2 is 1.44 bits per heavy atom. The summed E-state index contributed by atoms with van der Waals surface area (Å²) in [6, 6.07) is 0. The Morgan fingerprint density at radius 3 is 1.67 bits per heavy atom. The maximum absolute atomic E-state index is 6.40. The molecule has 2 rings (SSSR count). The molecule has 0 aliphatic carbocycles. The second-order valence-electron chi connectivity index (χ2n) is 2.44. The number of hydrogen-bond acceptors (Lipinski definition) is 11. The van der Waals surface area contributed by atoms with Gasteiger partial charge in [-0.3, -0.25) is 5.41 Å². The highest BCUT2D eigenvalue weighted by molar-refractivity contribution is 5.72. The first-order valence-electron chi connectivity index (χ1n) is 4.12. The summed E-state index contributed by atoms with van der Waals surface area (Å²) in [6.07, 6.45) is 0. The highest BCUT2D eigenvalue weighted by atomic mass is 15.6. The fourth-order valence-electron chi connectivity index (χ4n) is 0.488. The molecule has 2 heterocycles. The molecule has 0 saturated carbocycles. The van der Waals surface area contributed by atoms with Gasteiger partial charge in [-0.2, -0.15) is 0 Å². The van der Waals surface area contributed by atoms with Crippen molar-refractivity contribution in [3.8, 4) is 0 Å². The second-order valence-corrected chi connectivity index (χ2v) is 2.44. The Bertz CT molecular complexity index is 426. The predicted octanol–water partition coefficient (Wildman–Crippen LogP) is -2.94. The fraction of sp³-hybridized carbons (Fsp3) is 0. The summed E-state index contributed by atoms with van der Waals surface area (Å²) in [5.41, 5.74) is 4.69. The lowest BCUT2D eigenvalue weighted by Crippen LogP contribution is -2.47. The van der Waals surface area contributed by atoms with Crippen LogP contribution in [0.1, 0.15) is 0 Å². The smallest absolute Gasteiger partial charge is 0.285 e. The molecule has 15 nitrogen and oxygen atoms in total. The van der Waals surface area contributed by atoms with Crippen molar-refractivity contribution >= 4 is 17.9 Å². The van der Waals surface area contributed by atoms with E-state index in [2.05, 4.69) is 51.5 Å². The molecule has 96 valence electrons. The molecule has 18 heavy (non-hydrogen) atoms. The average molecular weight is 255 g/mol. The highest BCUT2D eigenvalue weighted by Gasteiger charge is 1.94. The summed E-state index contributed by atoms with van der Waals surface area (Å²) in [5, 5.41) is 38.9. The van der Waals surface area contributed by atoms with Gasteiger partial charge in [-0.1, -0.05) is 10.2 Å². The molecule has 0 amide bonds. The predicted molar refractivity (Wildman–Crippen MR) is 54.7 cm³/mol. The second kappa shape index (κ2) is 6.50. The summed E-state index contributed by atoms with van der Waals surface area (Å²) in [5.74, 6) is 9.41. The van der Waals surface area contributed by atoms with Crippen molar-refractivity contribution in [2.24, 2.45) is 27.6 Å². The summed E-state index contributed by atoms with van der Waals surface area (Å²) < 4.78 is 0. The van der Waals surface area contributed by atoms with Gasteiger partial charge in [0.15, 0.2) is 0 Å². The molecule has 0 unspecified atom stereocenters. The maximum atomic E-state index is 6.40. The molecule has 2 aromatic heterocycles. The highest BCUT2D eigenvalue weighted by Crippen LogP contribution is 2.04. The van der Waals surface area contributed by atoms with E-state index in [9.17, 15) is 0 Å². The number of tetrazole rings is 2. The van der Waals surface area contributed by atoms with Crippen molar-refractivity contribution in [2.75, 3.05) is 0 Å². The Kier molecular flexibility index (Phi) is 4.69. The molecule has 0 spiro atoms. The fourth-order valence-corrected chi connectivity index (χ4v) is 0.488. The number of aromatic amines is 2. The van der Waals surface area contributed by atoms with Crippen molar-refractivity contribution in [1.82, 2.24) is 46.4 Å². The van der Waals surface area contributed by atoms with E-state index in [1.54, 1.807) is 0 Å². The van der Waals surface area contributed by atoms with Gasteiger partial charge in [0.1, 0.15) is 0 Å². The Hall–Kier alpha value is -3.07. The molecule has 0 saturated heterocycles. The van der Waals surface area contributed by atoms with Gasteiger partial charge in [-0.05, 0) is 20.9 Å². The Balaban J connectivity index is 0.000000232. The van der Waals surface area contributed by atoms with Crippen molar-refractivity contribution < 1.29 is 0 Å². The van der Waals surface area contributed by atoms with E-state index in [0.29, 0.717) is 5.12 Å². The van der Waals surface area contributed by atoms with E-state index in [1.807, 2.05) is 0 Å². The van der Waals surface area contributed by atoms with Crippen molar-refractivity contribution in [3.63, 3.8) is 0 Å². The molecule has 0 aliphatic heterocycles. The minimum Gasteiger partial charge on any atom is -0.368 e. The van der Waals surface area contributed by atoms with Crippen LogP contribution in [0.15, 0.2) is 10.2 Å². The number of guanidine groups is 1. The number of rotatable bonds is 2. The van der Waals surface area contributed by atoms with Gasteiger partial charge in [0.05, 0.1) is 0 Å². The van der Waals surface area contributed by atoms with Crippen LogP contribution in [0.5, 0.6) is 0 Å². The summed E-state index contributed by atoms with van der Waals surface area (Å²) in [6.45, 7) is 0. The first kappa shape index (κ1) is 13.0. The van der Waals surface area contributed by atoms with Gasteiger partial charge in [0.2, 0.25) is 5.96 Å². The van der Waals surface area contributed by atoms with Gasteiger partial charge in [0.25, 0.3) is 11.9 Å². The number of nitrogens with two attached hydrogens (primary N) is 3.